The van der Waals surface area contributed by atoms with Gasteiger partial charge in [0.1, 0.15) is 0 Å². The minimum Gasteiger partial charge on any atom is -0.396 e. The number of aromatic nitrogens is 2. The highest BCUT2D eigenvalue weighted by molar-refractivity contribution is 7.98. The Morgan fingerprint density at radius 2 is 2.21 bits per heavy atom. The predicted octanol–water partition coefficient (Wildman–Crippen LogP) is 3.25. The molecule has 102 valence electrons. The number of thioether (sulfide) groups is 1. The number of halogens is 1. The van der Waals surface area contributed by atoms with Crippen molar-refractivity contribution < 1.29 is 9.63 Å². The third-order valence-electron chi connectivity index (χ3n) is 2.52. The van der Waals surface area contributed by atoms with Gasteiger partial charge in [-0.1, -0.05) is 35.8 Å². The fourth-order valence-electron chi connectivity index (χ4n) is 1.47. The first kappa shape index (κ1) is 14.4. The maximum absolute atomic E-state index is 8.94. The van der Waals surface area contributed by atoms with Crippen LogP contribution in [0.5, 0.6) is 0 Å². The molecule has 2 rings (SSSR count). The van der Waals surface area contributed by atoms with Crippen LogP contribution in [-0.2, 0) is 5.75 Å². The van der Waals surface area contributed by atoms with Gasteiger partial charge in [0.15, 0.2) is 0 Å². The first-order chi connectivity index (χ1) is 9.20. The summed E-state index contributed by atoms with van der Waals surface area (Å²) < 4.78 is 5.19. The monoisotopic (exact) mass is 298 g/mol. The summed E-state index contributed by atoms with van der Waals surface area (Å²) in [5, 5.41) is 13.5. The van der Waals surface area contributed by atoms with Crippen molar-refractivity contribution in [3.63, 3.8) is 0 Å². The highest BCUT2D eigenvalue weighted by Gasteiger charge is 2.11. The number of benzene rings is 1. The van der Waals surface area contributed by atoms with Crippen LogP contribution in [0.2, 0.25) is 5.02 Å². The summed E-state index contributed by atoms with van der Waals surface area (Å²) in [6.07, 6.45) is 0. The maximum Gasteiger partial charge on any atom is 0.236 e. The van der Waals surface area contributed by atoms with E-state index >= 15 is 0 Å². The average molecular weight is 299 g/mol. The van der Waals surface area contributed by atoms with Crippen LogP contribution >= 0.6 is 23.4 Å². The van der Waals surface area contributed by atoms with Crippen molar-refractivity contribution in [3.8, 4) is 11.4 Å². The molecule has 4 nitrogen and oxygen atoms in total. The van der Waals surface area contributed by atoms with E-state index in [-0.39, 0.29) is 12.5 Å². The van der Waals surface area contributed by atoms with Gasteiger partial charge in [-0.25, -0.2) is 0 Å². The van der Waals surface area contributed by atoms with Gasteiger partial charge in [0.05, 0.1) is 10.8 Å². The van der Waals surface area contributed by atoms with Gasteiger partial charge in [-0.3, -0.25) is 0 Å². The lowest BCUT2D eigenvalue weighted by molar-refractivity contribution is 0.250. The SMILES string of the molecule is CC(CO)CSCc1nc(-c2ccccc2Cl)no1. The predicted molar refractivity (Wildman–Crippen MR) is 77.2 cm³/mol. The minimum absolute atomic E-state index is 0.196. The molecule has 1 aromatic heterocycles. The van der Waals surface area contributed by atoms with Gasteiger partial charge in [0.2, 0.25) is 11.7 Å². The molecule has 0 fully saturated rings. The van der Waals surface area contributed by atoms with Crippen molar-refractivity contribution in [3.05, 3.63) is 35.2 Å². The van der Waals surface area contributed by atoms with Crippen LogP contribution in [0.15, 0.2) is 28.8 Å². The van der Waals surface area contributed by atoms with E-state index in [0.29, 0.717) is 22.5 Å². The Balaban J connectivity index is 1.98. The van der Waals surface area contributed by atoms with E-state index in [0.717, 1.165) is 11.3 Å². The van der Waals surface area contributed by atoms with Crippen molar-refractivity contribution in [2.75, 3.05) is 12.4 Å². The van der Waals surface area contributed by atoms with Crippen molar-refractivity contribution >= 4 is 23.4 Å². The molecule has 0 amide bonds. The summed E-state index contributed by atoms with van der Waals surface area (Å²) in [6.45, 7) is 2.19. The molecule has 2 aromatic rings. The van der Waals surface area contributed by atoms with E-state index in [1.165, 1.54) is 0 Å². The molecule has 1 atom stereocenters. The number of nitrogens with zero attached hydrogens (tertiary/aromatic N) is 2. The molecule has 6 heteroatoms. The van der Waals surface area contributed by atoms with E-state index in [1.807, 2.05) is 25.1 Å². The molecule has 1 aromatic carbocycles. The lowest BCUT2D eigenvalue weighted by Crippen LogP contribution is -2.03. The summed E-state index contributed by atoms with van der Waals surface area (Å²) in [6, 6.07) is 7.40. The van der Waals surface area contributed by atoms with Crippen molar-refractivity contribution in [1.29, 1.82) is 0 Å². The van der Waals surface area contributed by atoms with Gasteiger partial charge in [0, 0.05) is 12.2 Å². The van der Waals surface area contributed by atoms with Gasteiger partial charge in [0.25, 0.3) is 0 Å². The molecule has 0 saturated carbocycles. The molecule has 1 heterocycles. The molecular formula is C13H15ClN2O2S. The van der Waals surface area contributed by atoms with Crippen molar-refractivity contribution in [2.24, 2.45) is 5.92 Å². The molecule has 0 aliphatic rings. The standard InChI is InChI=1S/C13H15ClN2O2S/c1-9(6-17)7-19-8-12-15-13(16-18-12)10-4-2-3-5-11(10)14/h2-5,9,17H,6-8H2,1H3. The van der Waals surface area contributed by atoms with Crippen LogP contribution in [0.25, 0.3) is 11.4 Å². The Kier molecular flexibility index (Phi) is 5.24. The van der Waals surface area contributed by atoms with E-state index in [1.54, 1.807) is 17.8 Å². The largest absolute Gasteiger partial charge is 0.396 e. The summed E-state index contributed by atoms with van der Waals surface area (Å²) in [5.41, 5.74) is 0.771. The van der Waals surface area contributed by atoms with Crippen LogP contribution in [-0.4, -0.2) is 27.6 Å². The maximum atomic E-state index is 8.94. The second-order valence-corrected chi connectivity index (χ2v) is 5.73. The van der Waals surface area contributed by atoms with Crippen molar-refractivity contribution in [1.82, 2.24) is 10.1 Å². The Morgan fingerprint density at radius 3 is 2.95 bits per heavy atom. The molecule has 0 spiro atoms. The second kappa shape index (κ2) is 6.93. The quantitative estimate of drug-likeness (QED) is 0.887. The Morgan fingerprint density at radius 1 is 1.42 bits per heavy atom. The summed E-state index contributed by atoms with van der Waals surface area (Å²) >= 11 is 7.74. The Labute approximate surface area is 121 Å². The third-order valence-corrected chi connectivity index (χ3v) is 4.11. The van der Waals surface area contributed by atoms with Gasteiger partial charge in [-0.2, -0.15) is 16.7 Å². The number of aliphatic hydroxyl groups is 1. The third kappa shape index (κ3) is 3.96. The Hall–Kier alpha value is -1.04. The van der Waals surface area contributed by atoms with Crippen LogP contribution in [0.1, 0.15) is 12.8 Å². The first-order valence-corrected chi connectivity index (χ1v) is 7.50. The zero-order valence-electron chi connectivity index (χ0n) is 10.5. The molecule has 0 aliphatic carbocycles. The second-order valence-electron chi connectivity index (χ2n) is 4.29. The zero-order chi connectivity index (χ0) is 13.7. The number of rotatable bonds is 6. The van der Waals surface area contributed by atoms with E-state index in [9.17, 15) is 0 Å². The van der Waals surface area contributed by atoms with Crippen LogP contribution < -0.4 is 0 Å². The van der Waals surface area contributed by atoms with Crippen LogP contribution in [0.3, 0.4) is 0 Å². The molecule has 19 heavy (non-hydrogen) atoms. The normalized spacial score (nSPS) is 12.6. The van der Waals surface area contributed by atoms with E-state index in [4.69, 9.17) is 21.2 Å². The highest BCUT2D eigenvalue weighted by atomic mass is 35.5. The van der Waals surface area contributed by atoms with E-state index in [2.05, 4.69) is 10.1 Å². The molecule has 0 aliphatic heterocycles. The Bertz CT molecular complexity index is 533. The highest BCUT2D eigenvalue weighted by Crippen LogP contribution is 2.25. The summed E-state index contributed by atoms with van der Waals surface area (Å²) in [4.78, 5) is 4.32. The molecule has 1 unspecified atom stereocenters. The minimum atomic E-state index is 0.196. The summed E-state index contributed by atoms with van der Waals surface area (Å²) in [7, 11) is 0. The number of hydrogen-bond acceptors (Lipinski definition) is 5. The molecule has 1 N–H and O–H groups in total. The molecule has 0 saturated heterocycles. The molecule has 0 radical (unpaired) electrons. The fraction of sp³-hybridized carbons (Fsp3) is 0.385. The fourth-order valence-corrected chi connectivity index (χ4v) is 2.60. The van der Waals surface area contributed by atoms with Crippen LogP contribution in [0, 0.1) is 5.92 Å². The van der Waals surface area contributed by atoms with Crippen LogP contribution in [0.4, 0.5) is 0 Å². The van der Waals surface area contributed by atoms with Gasteiger partial charge in [-0.05, 0) is 23.8 Å². The van der Waals surface area contributed by atoms with Gasteiger partial charge in [-0.15, -0.1) is 0 Å². The number of aliphatic hydroxyl groups excluding tert-OH is 1. The smallest absolute Gasteiger partial charge is 0.236 e. The first-order valence-electron chi connectivity index (χ1n) is 5.96. The topological polar surface area (TPSA) is 59.2 Å². The van der Waals surface area contributed by atoms with Gasteiger partial charge >= 0.3 is 0 Å². The van der Waals surface area contributed by atoms with E-state index < -0.39 is 0 Å². The average Bonchev–Trinajstić information content (AvgIpc) is 2.87. The zero-order valence-corrected chi connectivity index (χ0v) is 12.1. The van der Waals surface area contributed by atoms with Crippen molar-refractivity contribution in [2.45, 2.75) is 12.7 Å². The number of hydrogen-bond donors (Lipinski definition) is 1. The lowest BCUT2D eigenvalue weighted by atomic mass is 10.2. The molecule has 0 bridgehead atoms. The molecular weight excluding hydrogens is 284 g/mol. The summed E-state index contributed by atoms with van der Waals surface area (Å²) in [5.74, 6) is 2.86. The lowest BCUT2D eigenvalue weighted by Gasteiger charge is -2.04. The van der Waals surface area contributed by atoms with Gasteiger partial charge < -0.3 is 9.63 Å².